The Morgan fingerprint density at radius 3 is 2.14 bits per heavy atom. The highest BCUT2D eigenvalue weighted by molar-refractivity contribution is 5.90. The maximum atomic E-state index is 4.14. The lowest BCUT2D eigenvalue weighted by atomic mass is 9.67. The Labute approximate surface area is 303 Å². The summed E-state index contributed by atoms with van der Waals surface area (Å²) in [5, 5.41) is 0. The average Bonchev–Trinajstić information content (AvgIpc) is 3.49. The maximum Gasteiger partial charge on any atom is 0.0714 e. The lowest BCUT2D eigenvalue weighted by molar-refractivity contribution is 0.739. The van der Waals surface area contributed by atoms with Gasteiger partial charge in [-0.1, -0.05) is 190 Å². The number of allylic oxidation sites excluding steroid dienone is 8. The molecule has 0 saturated heterocycles. The van der Waals surface area contributed by atoms with E-state index in [4.69, 9.17) is 0 Å². The first kappa shape index (κ1) is 32.2. The van der Waals surface area contributed by atoms with Gasteiger partial charge in [0.15, 0.2) is 0 Å². The fraction of sp³-hybridized carbons (Fsp3) is 0.0980. The van der Waals surface area contributed by atoms with E-state index in [1.54, 1.807) is 0 Å². The first-order valence-corrected chi connectivity index (χ1v) is 18.0. The normalized spacial score (nSPS) is 17.7. The molecule has 0 aliphatic heterocycles. The Bertz CT molecular complexity index is 2330. The van der Waals surface area contributed by atoms with Gasteiger partial charge < -0.3 is 0 Å². The monoisotopic (exact) mass is 654 g/mol. The van der Waals surface area contributed by atoms with Crippen LogP contribution in [0.15, 0.2) is 195 Å². The minimum absolute atomic E-state index is 0.538. The number of fused-ring (bicyclic) bond motifs is 3. The Morgan fingerprint density at radius 2 is 1.41 bits per heavy atom. The van der Waals surface area contributed by atoms with Crippen molar-refractivity contribution in [1.29, 1.82) is 0 Å². The predicted octanol–water partition coefficient (Wildman–Crippen LogP) is 13.0. The summed E-state index contributed by atoms with van der Waals surface area (Å²) in [7, 11) is 0. The van der Waals surface area contributed by atoms with Crippen molar-refractivity contribution in [3.05, 3.63) is 240 Å². The largest absolute Gasteiger partial charge is 0.0990 e. The maximum absolute atomic E-state index is 4.14. The molecule has 2 unspecified atom stereocenters. The van der Waals surface area contributed by atoms with Crippen LogP contribution in [0, 0.1) is 5.92 Å². The van der Waals surface area contributed by atoms with Crippen molar-refractivity contribution in [2.24, 2.45) is 5.92 Å². The van der Waals surface area contributed by atoms with Crippen LogP contribution in [0.3, 0.4) is 0 Å². The Kier molecular flexibility index (Phi) is 8.68. The van der Waals surface area contributed by atoms with Gasteiger partial charge in [0.2, 0.25) is 0 Å². The molecule has 0 heteroatoms. The van der Waals surface area contributed by atoms with E-state index < -0.39 is 5.41 Å². The first-order chi connectivity index (χ1) is 25.1. The molecular formula is C51H42. The smallest absolute Gasteiger partial charge is 0.0714 e. The Morgan fingerprint density at radius 1 is 0.686 bits per heavy atom. The molecule has 0 fully saturated rings. The molecule has 0 radical (unpaired) electrons. The third-order valence-electron chi connectivity index (χ3n) is 10.7. The molecule has 2 aliphatic rings. The van der Waals surface area contributed by atoms with Crippen LogP contribution in [0.4, 0.5) is 0 Å². The molecule has 246 valence electrons. The second-order valence-electron chi connectivity index (χ2n) is 13.8. The summed E-state index contributed by atoms with van der Waals surface area (Å²) in [6, 6.07) is 54.1. The zero-order chi connectivity index (χ0) is 34.8. The standard InChI is InChI=1S/C51H42/c1-4-14-38(5-2)42-17-12-21-46(34-42)51(45-19-10-7-11-20-45)48-22-13-18-44(33-37-25-29-41(30-26-37)40-27-23-36(3)24-28-40)50(48)47-32-31-43(35-49(47)51)39-15-8-6-9-16-39/h4-23,25-32,34-36H,1-2,24,33H2,3H3/b38-14+. The van der Waals surface area contributed by atoms with Gasteiger partial charge in [0.25, 0.3) is 0 Å². The molecule has 0 nitrogen and oxygen atoms in total. The zero-order valence-corrected chi connectivity index (χ0v) is 29.2. The third-order valence-corrected chi connectivity index (χ3v) is 10.7. The molecular weight excluding hydrogens is 613 g/mol. The number of rotatable bonds is 9. The quantitative estimate of drug-likeness (QED) is 0.136. The summed E-state index contributed by atoms with van der Waals surface area (Å²) in [6.07, 6.45) is 14.7. The molecule has 0 aromatic heterocycles. The van der Waals surface area contributed by atoms with Crippen LogP contribution >= 0.6 is 0 Å². The number of hydrogen-bond donors (Lipinski definition) is 0. The summed E-state index contributed by atoms with van der Waals surface area (Å²) in [5.74, 6) is 0.609. The number of hydrogen-bond acceptors (Lipinski definition) is 0. The Balaban J connectivity index is 1.35. The van der Waals surface area contributed by atoms with Gasteiger partial charge >= 0.3 is 0 Å². The van der Waals surface area contributed by atoms with Crippen molar-refractivity contribution in [3.8, 4) is 22.3 Å². The van der Waals surface area contributed by atoms with E-state index in [1.807, 2.05) is 18.2 Å². The average molecular weight is 655 g/mol. The van der Waals surface area contributed by atoms with Crippen LogP contribution in [0.25, 0.3) is 33.4 Å². The highest BCUT2D eigenvalue weighted by atomic mass is 14.5. The second-order valence-corrected chi connectivity index (χ2v) is 13.8. The van der Waals surface area contributed by atoms with Crippen molar-refractivity contribution in [2.45, 2.75) is 25.2 Å². The predicted molar refractivity (Wildman–Crippen MR) is 218 cm³/mol. The molecule has 6 aromatic carbocycles. The minimum atomic E-state index is -0.538. The van der Waals surface area contributed by atoms with E-state index in [0.717, 1.165) is 24.0 Å². The van der Waals surface area contributed by atoms with Crippen LogP contribution in [-0.4, -0.2) is 0 Å². The molecule has 0 amide bonds. The van der Waals surface area contributed by atoms with Gasteiger partial charge in [0, 0.05) is 0 Å². The third kappa shape index (κ3) is 5.77. The molecule has 8 rings (SSSR count). The first-order valence-electron chi connectivity index (χ1n) is 18.0. The van der Waals surface area contributed by atoms with E-state index in [2.05, 4.69) is 184 Å². The van der Waals surface area contributed by atoms with Crippen molar-refractivity contribution >= 4 is 11.1 Å². The molecule has 0 saturated carbocycles. The molecule has 0 N–H and O–H groups in total. The van der Waals surface area contributed by atoms with Crippen molar-refractivity contribution in [2.75, 3.05) is 0 Å². The lowest BCUT2D eigenvalue weighted by Gasteiger charge is -2.34. The molecule has 0 heterocycles. The Hall–Kier alpha value is -5.98. The van der Waals surface area contributed by atoms with E-state index in [-0.39, 0.29) is 0 Å². The molecule has 0 spiro atoms. The molecule has 2 aliphatic carbocycles. The van der Waals surface area contributed by atoms with Gasteiger partial charge in [-0.2, -0.15) is 0 Å². The summed E-state index contributed by atoms with van der Waals surface area (Å²) >= 11 is 0. The molecule has 51 heavy (non-hydrogen) atoms. The summed E-state index contributed by atoms with van der Waals surface area (Å²) in [4.78, 5) is 0. The minimum Gasteiger partial charge on any atom is -0.0990 e. The van der Waals surface area contributed by atoms with Gasteiger partial charge in [-0.25, -0.2) is 0 Å². The highest BCUT2D eigenvalue weighted by Gasteiger charge is 2.47. The SMILES string of the molecule is C=C/C=C(\C=C)c1cccc(C2(c3ccccc3)c3cc(-c4ccccc4)ccc3-c3c(Cc4ccc(C5=CCC(C)C=C5)cc4)cccc32)c1. The van der Waals surface area contributed by atoms with Gasteiger partial charge in [0.05, 0.1) is 5.41 Å². The molecule has 0 bridgehead atoms. The van der Waals surface area contributed by atoms with Gasteiger partial charge in [-0.05, 0) is 109 Å². The van der Waals surface area contributed by atoms with Crippen molar-refractivity contribution in [3.63, 3.8) is 0 Å². The van der Waals surface area contributed by atoms with Crippen molar-refractivity contribution in [1.82, 2.24) is 0 Å². The van der Waals surface area contributed by atoms with Crippen molar-refractivity contribution < 1.29 is 0 Å². The van der Waals surface area contributed by atoms with Gasteiger partial charge in [-0.3, -0.25) is 0 Å². The van der Waals surface area contributed by atoms with Crippen LogP contribution < -0.4 is 0 Å². The fourth-order valence-electron chi connectivity index (χ4n) is 8.20. The second kappa shape index (κ2) is 13.7. The van der Waals surface area contributed by atoms with Gasteiger partial charge in [-0.15, -0.1) is 0 Å². The van der Waals surface area contributed by atoms with E-state index >= 15 is 0 Å². The van der Waals surface area contributed by atoms with Gasteiger partial charge in [0.1, 0.15) is 0 Å². The lowest BCUT2D eigenvalue weighted by Crippen LogP contribution is -2.28. The highest BCUT2D eigenvalue weighted by Crippen LogP contribution is 2.58. The fourth-order valence-corrected chi connectivity index (χ4v) is 8.20. The van der Waals surface area contributed by atoms with Crippen LogP contribution in [0.1, 0.15) is 57.9 Å². The molecule has 6 aromatic rings. The van der Waals surface area contributed by atoms with Crippen LogP contribution in [0.5, 0.6) is 0 Å². The summed E-state index contributed by atoms with van der Waals surface area (Å²) in [5.41, 5.74) is 17.1. The zero-order valence-electron chi connectivity index (χ0n) is 29.2. The number of benzene rings is 6. The van der Waals surface area contributed by atoms with E-state index in [9.17, 15) is 0 Å². The van der Waals surface area contributed by atoms with E-state index in [1.165, 1.54) is 66.8 Å². The van der Waals surface area contributed by atoms with E-state index in [0.29, 0.717) is 5.92 Å². The van der Waals surface area contributed by atoms with Crippen LogP contribution in [-0.2, 0) is 11.8 Å². The topological polar surface area (TPSA) is 0 Å². The van der Waals surface area contributed by atoms with Crippen LogP contribution in [0.2, 0.25) is 0 Å². The summed E-state index contributed by atoms with van der Waals surface area (Å²) in [6.45, 7) is 10.4. The summed E-state index contributed by atoms with van der Waals surface area (Å²) < 4.78 is 0. The molecule has 2 atom stereocenters.